The van der Waals surface area contributed by atoms with E-state index < -0.39 is 6.36 Å². The zero-order valence-corrected chi connectivity index (χ0v) is 14.4. The fourth-order valence-electron chi connectivity index (χ4n) is 3.12. The van der Waals surface area contributed by atoms with Gasteiger partial charge < -0.3 is 9.72 Å². The number of nitrogens with zero attached hydrogens (tertiary/aromatic N) is 2. The van der Waals surface area contributed by atoms with Gasteiger partial charge in [-0.3, -0.25) is 9.69 Å². The fraction of sp³-hybridized carbons (Fsp3) is 0.444. The van der Waals surface area contributed by atoms with Crippen LogP contribution < -0.4 is 10.3 Å². The second kappa shape index (κ2) is 7.49. The number of nitrogens with one attached hydrogen (secondary N) is 1. The van der Waals surface area contributed by atoms with E-state index >= 15 is 0 Å². The van der Waals surface area contributed by atoms with Crippen molar-refractivity contribution in [3.63, 3.8) is 0 Å². The lowest BCUT2D eigenvalue weighted by molar-refractivity contribution is -0.274. The van der Waals surface area contributed by atoms with Gasteiger partial charge in [0.25, 0.3) is 5.56 Å². The SMILES string of the molecule is CCCc1nc2c(c(=O)[nH]1)CN(Cc1cccc(OC(F)(F)F)c1)CC2. The van der Waals surface area contributed by atoms with E-state index in [0.29, 0.717) is 43.0 Å². The first kappa shape index (κ1) is 18.4. The van der Waals surface area contributed by atoms with Crippen LogP contribution in [0.2, 0.25) is 0 Å². The average Bonchev–Trinajstić information content (AvgIpc) is 2.54. The minimum Gasteiger partial charge on any atom is -0.406 e. The van der Waals surface area contributed by atoms with Gasteiger partial charge in [-0.05, 0) is 24.1 Å². The van der Waals surface area contributed by atoms with E-state index in [2.05, 4.69) is 14.7 Å². The number of benzene rings is 1. The summed E-state index contributed by atoms with van der Waals surface area (Å²) in [5.74, 6) is 0.470. The summed E-state index contributed by atoms with van der Waals surface area (Å²) in [4.78, 5) is 21.7. The summed E-state index contributed by atoms with van der Waals surface area (Å²) in [6.07, 6.45) is -2.42. The number of aromatic amines is 1. The number of aryl methyl sites for hydroxylation is 1. The highest BCUT2D eigenvalue weighted by molar-refractivity contribution is 5.29. The van der Waals surface area contributed by atoms with E-state index in [9.17, 15) is 18.0 Å². The Hall–Kier alpha value is -2.35. The minimum absolute atomic E-state index is 0.127. The number of halogens is 3. The van der Waals surface area contributed by atoms with Crippen molar-refractivity contribution in [1.29, 1.82) is 0 Å². The van der Waals surface area contributed by atoms with Gasteiger partial charge in [0.1, 0.15) is 11.6 Å². The Kier molecular flexibility index (Phi) is 5.31. The van der Waals surface area contributed by atoms with Crippen molar-refractivity contribution in [1.82, 2.24) is 14.9 Å². The Balaban J connectivity index is 1.72. The van der Waals surface area contributed by atoms with E-state index in [4.69, 9.17) is 0 Å². The molecule has 2 heterocycles. The van der Waals surface area contributed by atoms with E-state index in [1.54, 1.807) is 6.07 Å². The molecule has 26 heavy (non-hydrogen) atoms. The molecule has 0 atom stereocenters. The van der Waals surface area contributed by atoms with Gasteiger partial charge in [-0.25, -0.2) is 4.98 Å². The molecule has 1 aliphatic rings. The Morgan fingerprint density at radius 2 is 2.15 bits per heavy atom. The smallest absolute Gasteiger partial charge is 0.406 e. The normalized spacial score (nSPS) is 14.9. The molecule has 1 aromatic carbocycles. The molecular formula is C18H20F3N3O2. The van der Waals surface area contributed by atoms with Gasteiger partial charge in [0.05, 0.1) is 11.3 Å². The van der Waals surface area contributed by atoms with Crippen molar-refractivity contribution >= 4 is 0 Å². The first-order valence-electron chi connectivity index (χ1n) is 8.52. The van der Waals surface area contributed by atoms with Crippen LogP contribution in [-0.2, 0) is 25.9 Å². The number of ether oxygens (including phenoxy) is 1. The Bertz CT molecular complexity index is 833. The van der Waals surface area contributed by atoms with Crippen molar-refractivity contribution in [2.75, 3.05) is 6.54 Å². The molecule has 0 saturated carbocycles. The van der Waals surface area contributed by atoms with Crippen LogP contribution in [0, 0.1) is 0 Å². The van der Waals surface area contributed by atoms with Crippen molar-refractivity contribution in [2.24, 2.45) is 0 Å². The number of rotatable bonds is 5. The number of aromatic nitrogens is 2. The summed E-state index contributed by atoms with van der Waals surface area (Å²) >= 11 is 0. The molecule has 8 heteroatoms. The molecule has 0 unspecified atom stereocenters. The van der Waals surface area contributed by atoms with Gasteiger partial charge >= 0.3 is 6.36 Å². The van der Waals surface area contributed by atoms with Crippen LogP contribution in [0.4, 0.5) is 13.2 Å². The van der Waals surface area contributed by atoms with E-state index in [1.807, 2.05) is 11.8 Å². The van der Waals surface area contributed by atoms with Gasteiger partial charge in [0.15, 0.2) is 0 Å². The summed E-state index contributed by atoms with van der Waals surface area (Å²) in [7, 11) is 0. The molecule has 0 bridgehead atoms. The summed E-state index contributed by atoms with van der Waals surface area (Å²) in [5, 5.41) is 0. The maximum absolute atomic E-state index is 12.4. The average molecular weight is 367 g/mol. The van der Waals surface area contributed by atoms with Crippen molar-refractivity contribution in [2.45, 2.75) is 45.6 Å². The Morgan fingerprint density at radius 1 is 1.35 bits per heavy atom. The van der Waals surface area contributed by atoms with E-state index in [1.165, 1.54) is 18.2 Å². The molecular weight excluding hydrogens is 347 g/mol. The Labute approximate surface area is 148 Å². The zero-order chi connectivity index (χ0) is 18.7. The van der Waals surface area contributed by atoms with Crippen LogP contribution in [0.5, 0.6) is 5.75 Å². The quantitative estimate of drug-likeness (QED) is 0.882. The van der Waals surface area contributed by atoms with Crippen LogP contribution in [0.15, 0.2) is 29.1 Å². The lowest BCUT2D eigenvalue weighted by Gasteiger charge is -2.27. The molecule has 1 aliphatic heterocycles. The van der Waals surface area contributed by atoms with Crippen LogP contribution in [-0.4, -0.2) is 27.8 Å². The summed E-state index contributed by atoms with van der Waals surface area (Å²) < 4.78 is 41.0. The lowest BCUT2D eigenvalue weighted by atomic mass is 10.1. The monoisotopic (exact) mass is 367 g/mol. The van der Waals surface area contributed by atoms with Crippen molar-refractivity contribution in [3.8, 4) is 5.75 Å². The van der Waals surface area contributed by atoms with Gasteiger partial charge in [-0.15, -0.1) is 13.2 Å². The number of hydrogen-bond donors (Lipinski definition) is 1. The van der Waals surface area contributed by atoms with Crippen LogP contribution in [0.3, 0.4) is 0 Å². The van der Waals surface area contributed by atoms with Gasteiger partial charge in [0.2, 0.25) is 0 Å². The molecule has 140 valence electrons. The maximum Gasteiger partial charge on any atom is 0.573 e. The fourth-order valence-corrected chi connectivity index (χ4v) is 3.12. The minimum atomic E-state index is -4.71. The van der Waals surface area contributed by atoms with E-state index in [-0.39, 0.29) is 11.3 Å². The van der Waals surface area contributed by atoms with Gasteiger partial charge in [-0.1, -0.05) is 19.1 Å². The molecule has 0 fully saturated rings. The molecule has 1 aromatic heterocycles. The topological polar surface area (TPSA) is 58.2 Å². The molecule has 0 radical (unpaired) electrons. The number of alkyl halides is 3. The third-order valence-corrected chi connectivity index (χ3v) is 4.22. The highest BCUT2D eigenvalue weighted by atomic mass is 19.4. The van der Waals surface area contributed by atoms with Crippen LogP contribution >= 0.6 is 0 Å². The largest absolute Gasteiger partial charge is 0.573 e. The predicted octanol–water partition coefficient (Wildman–Crippen LogP) is 3.18. The van der Waals surface area contributed by atoms with E-state index in [0.717, 1.165) is 18.5 Å². The third kappa shape index (κ3) is 4.63. The number of fused-ring (bicyclic) bond motifs is 1. The molecule has 1 N–H and O–H groups in total. The van der Waals surface area contributed by atoms with Gasteiger partial charge in [-0.2, -0.15) is 0 Å². The first-order valence-corrected chi connectivity index (χ1v) is 8.52. The third-order valence-electron chi connectivity index (χ3n) is 4.22. The summed E-state index contributed by atoms with van der Waals surface area (Å²) in [6, 6.07) is 5.91. The zero-order valence-electron chi connectivity index (χ0n) is 14.4. The second-order valence-electron chi connectivity index (χ2n) is 6.34. The Morgan fingerprint density at radius 3 is 2.88 bits per heavy atom. The molecule has 0 amide bonds. The predicted molar refractivity (Wildman–Crippen MR) is 89.8 cm³/mol. The second-order valence-corrected chi connectivity index (χ2v) is 6.34. The maximum atomic E-state index is 12.4. The van der Waals surface area contributed by atoms with Crippen LogP contribution in [0.1, 0.15) is 36.0 Å². The molecule has 2 aromatic rings. The highest BCUT2D eigenvalue weighted by Gasteiger charge is 2.31. The first-order chi connectivity index (χ1) is 12.3. The molecule has 0 aliphatic carbocycles. The molecule has 3 rings (SSSR count). The van der Waals surface area contributed by atoms with Crippen LogP contribution in [0.25, 0.3) is 0 Å². The molecule has 0 spiro atoms. The summed E-state index contributed by atoms with van der Waals surface area (Å²) in [5.41, 5.74) is 2.03. The van der Waals surface area contributed by atoms with Crippen molar-refractivity contribution in [3.05, 3.63) is 57.3 Å². The number of hydrogen-bond acceptors (Lipinski definition) is 4. The van der Waals surface area contributed by atoms with Gasteiger partial charge in [0, 0.05) is 32.5 Å². The molecule has 5 nitrogen and oxygen atoms in total. The standard InChI is InChI=1S/C18H20F3N3O2/c1-2-4-16-22-15-7-8-24(11-14(15)17(25)23-16)10-12-5-3-6-13(9-12)26-18(19,20)21/h3,5-6,9H,2,4,7-8,10-11H2,1H3,(H,22,23,25). The summed E-state index contributed by atoms with van der Waals surface area (Å²) in [6.45, 7) is 3.58. The van der Waals surface area contributed by atoms with Crippen molar-refractivity contribution < 1.29 is 17.9 Å². The highest BCUT2D eigenvalue weighted by Crippen LogP contribution is 2.24. The molecule has 0 saturated heterocycles. The lowest BCUT2D eigenvalue weighted by Crippen LogP contribution is -2.35. The number of H-pyrrole nitrogens is 1.